The number of nitrogens with one attached hydrogen (secondary N) is 1. The number of carbonyl (C=O) groups is 1. The Kier molecular flexibility index (Phi) is 6.08. The highest BCUT2D eigenvalue weighted by atomic mass is 35.5. The van der Waals surface area contributed by atoms with E-state index in [2.05, 4.69) is 5.32 Å². The molecule has 5 nitrogen and oxygen atoms in total. The number of nitrogens with zero attached hydrogens (tertiary/aromatic N) is 1. The highest BCUT2D eigenvalue weighted by Crippen LogP contribution is 2.21. The minimum absolute atomic E-state index is 0.0443. The molecule has 0 unspecified atom stereocenters. The zero-order valence-corrected chi connectivity index (χ0v) is 16.0. The lowest BCUT2D eigenvalue weighted by atomic mass is 10.1. The molecule has 0 heterocycles. The first-order valence-corrected chi connectivity index (χ1v) is 9.99. The predicted molar refractivity (Wildman–Crippen MR) is 103 cm³/mol. The third kappa shape index (κ3) is 5.76. The lowest BCUT2D eigenvalue weighted by molar-refractivity contribution is -0.116. The van der Waals surface area contributed by atoms with Gasteiger partial charge in [0.2, 0.25) is 15.9 Å². The summed E-state index contributed by atoms with van der Waals surface area (Å²) < 4.78 is 25.3. The standard InChI is InChI=1S/C18H21ClN2O3S/c1-13-10-14(2)12-16(11-13)20-18(22)8-9-21(25(3,23)24)17-6-4-15(19)5-7-17/h4-7,10-12H,8-9H2,1-3H3,(H,20,22). The maximum absolute atomic E-state index is 12.2. The minimum atomic E-state index is -3.50. The highest BCUT2D eigenvalue weighted by Gasteiger charge is 2.18. The summed E-state index contributed by atoms with van der Waals surface area (Å²) in [6.07, 6.45) is 1.16. The van der Waals surface area contributed by atoms with Crippen LogP contribution in [0.2, 0.25) is 5.02 Å². The van der Waals surface area contributed by atoms with E-state index in [0.29, 0.717) is 16.4 Å². The van der Waals surface area contributed by atoms with Crippen LogP contribution in [-0.2, 0) is 14.8 Å². The molecule has 0 aliphatic heterocycles. The summed E-state index contributed by atoms with van der Waals surface area (Å²) >= 11 is 5.84. The summed E-state index contributed by atoms with van der Waals surface area (Å²) in [5.74, 6) is -0.243. The third-order valence-electron chi connectivity index (χ3n) is 3.56. The molecular weight excluding hydrogens is 360 g/mol. The highest BCUT2D eigenvalue weighted by molar-refractivity contribution is 7.92. The van der Waals surface area contributed by atoms with E-state index in [0.717, 1.165) is 17.4 Å². The van der Waals surface area contributed by atoms with Crippen molar-refractivity contribution in [2.75, 3.05) is 22.4 Å². The molecule has 0 spiro atoms. The topological polar surface area (TPSA) is 66.5 Å². The number of rotatable bonds is 6. The van der Waals surface area contributed by atoms with Gasteiger partial charge in [0.1, 0.15) is 0 Å². The molecule has 2 rings (SSSR count). The molecule has 0 fully saturated rings. The fourth-order valence-electron chi connectivity index (χ4n) is 2.57. The van der Waals surface area contributed by atoms with Crippen molar-refractivity contribution in [3.63, 3.8) is 0 Å². The second-order valence-electron chi connectivity index (χ2n) is 5.99. The van der Waals surface area contributed by atoms with E-state index in [1.807, 2.05) is 32.0 Å². The van der Waals surface area contributed by atoms with Crippen LogP contribution in [0.3, 0.4) is 0 Å². The van der Waals surface area contributed by atoms with Gasteiger partial charge in [0.25, 0.3) is 0 Å². The molecule has 0 saturated heterocycles. The van der Waals surface area contributed by atoms with E-state index in [-0.39, 0.29) is 18.9 Å². The van der Waals surface area contributed by atoms with Gasteiger partial charge in [-0.05, 0) is 61.4 Å². The number of benzene rings is 2. The average molecular weight is 381 g/mol. The molecule has 1 amide bonds. The number of hydrogen-bond donors (Lipinski definition) is 1. The number of carbonyl (C=O) groups excluding carboxylic acids is 1. The Balaban J connectivity index is 2.07. The lowest BCUT2D eigenvalue weighted by Gasteiger charge is -2.22. The summed E-state index contributed by atoms with van der Waals surface area (Å²) in [6, 6.07) is 12.2. The Morgan fingerprint density at radius 2 is 1.64 bits per heavy atom. The van der Waals surface area contributed by atoms with Gasteiger partial charge >= 0.3 is 0 Å². The van der Waals surface area contributed by atoms with Crippen LogP contribution in [0.5, 0.6) is 0 Å². The molecule has 0 radical (unpaired) electrons. The molecule has 134 valence electrons. The van der Waals surface area contributed by atoms with E-state index in [4.69, 9.17) is 11.6 Å². The van der Waals surface area contributed by atoms with Gasteiger partial charge in [-0.2, -0.15) is 0 Å². The second-order valence-corrected chi connectivity index (χ2v) is 8.33. The minimum Gasteiger partial charge on any atom is -0.326 e. The normalized spacial score (nSPS) is 11.2. The van der Waals surface area contributed by atoms with Gasteiger partial charge in [0.15, 0.2) is 0 Å². The van der Waals surface area contributed by atoms with Gasteiger partial charge in [-0.3, -0.25) is 9.10 Å². The molecule has 0 aliphatic rings. The van der Waals surface area contributed by atoms with Crippen LogP contribution in [-0.4, -0.2) is 27.1 Å². The average Bonchev–Trinajstić information content (AvgIpc) is 2.46. The van der Waals surface area contributed by atoms with Crippen molar-refractivity contribution in [3.05, 3.63) is 58.6 Å². The summed E-state index contributed by atoms with van der Waals surface area (Å²) in [5, 5.41) is 3.33. The van der Waals surface area contributed by atoms with Crippen molar-refractivity contribution in [2.45, 2.75) is 20.3 Å². The zero-order valence-electron chi connectivity index (χ0n) is 14.4. The van der Waals surface area contributed by atoms with Gasteiger partial charge in [-0.15, -0.1) is 0 Å². The van der Waals surface area contributed by atoms with Crippen molar-refractivity contribution < 1.29 is 13.2 Å². The number of aryl methyl sites for hydroxylation is 2. The van der Waals surface area contributed by atoms with Crippen LogP contribution >= 0.6 is 11.6 Å². The van der Waals surface area contributed by atoms with Crippen molar-refractivity contribution in [1.82, 2.24) is 0 Å². The second kappa shape index (κ2) is 7.89. The molecule has 25 heavy (non-hydrogen) atoms. The van der Waals surface area contributed by atoms with Crippen LogP contribution in [0.1, 0.15) is 17.5 Å². The number of anilines is 2. The molecule has 0 bridgehead atoms. The molecule has 0 aliphatic carbocycles. The van der Waals surface area contributed by atoms with Crippen LogP contribution < -0.4 is 9.62 Å². The smallest absolute Gasteiger partial charge is 0.232 e. The van der Waals surface area contributed by atoms with Crippen LogP contribution in [0.15, 0.2) is 42.5 Å². The fraction of sp³-hybridized carbons (Fsp3) is 0.278. The van der Waals surface area contributed by atoms with Crippen molar-refractivity contribution in [3.8, 4) is 0 Å². The molecule has 0 saturated carbocycles. The first kappa shape index (κ1) is 19.3. The Hall–Kier alpha value is -2.05. The summed E-state index contributed by atoms with van der Waals surface area (Å²) in [7, 11) is -3.50. The largest absolute Gasteiger partial charge is 0.326 e. The molecule has 1 N–H and O–H groups in total. The van der Waals surface area contributed by atoms with Crippen LogP contribution in [0, 0.1) is 13.8 Å². The quantitative estimate of drug-likeness (QED) is 0.829. The number of sulfonamides is 1. The predicted octanol–water partition coefficient (Wildman–Crippen LogP) is 3.75. The van der Waals surface area contributed by atoms with E-state index in [1.165, 1.54) is 4.31 Å². The molecule has 0 atom stereocenters. The summed E-state index contributed by atoms with van der Waals surface area (Å²) in [6.45, 7) is 3.96. The number of halogens is 1. The molecular formula is C18H21ClN2O3S. The Morgan fingerprint density at radius 3 is 2.16 bits per heavy atom. The SMILES string of the molecule is Cc1cc(C)cc(NC(=O)CCN(c2ccc(Cl)cc2)S(C)(=O)=O)c1. The molecule has 0 aromatic heterocycles. The van der Waals surface area contributed by atoms with Gasteiger partial charge < -0.3 is 5.32 Å². The maximum Gasteiger partial charge on any atom is 0.232 e. The molecule has 2 aromatic rings. The fourth-order valence-corrected chi connectivity index (χ4v) is 3.62. The van der Waals surface area contributed by atoms with Crippen LogP contribution in [0.25, 0.3) is 0 Å². The lowest BCUT2D eigenvalue weighted by Crippen LogP contribution is -2.33. The van der Waals surface area contributed by atoms with E-state index < -0.39 is 10.0 Å². The summed E-state index contributed by atoms with van der Waals surface area (Å²) in [4.78, 5) is 12.2. The van der Waals surface area contributed by atoms with E-state index in [1.54, 1.807) is 24.3 Å². The maximum atomic E-state index is 12.2. The number of hydrogen-bond acceptors (Lipinski definition) is 3. The zero-order chi connectivity index (χ0) is 18.6. The van der Waals surface area contributed by atoms with E-state index in [9.17, 15) is 13.2 Å². The van der Waals surface area contributed by atoms with E-state index >= 15 is 0 Å². The monoisotopic (exact) mass is 380 g/mol. The number of amides is 1. The Morgan fingerprint density at radius 1 is 1.08 bits per heavy atom. The first-order valence-electron chi connectivity index (χ1n) is 7.76. The van der Waals surface area contributed by atoms with Crippen molar-refractivity contribution in [1.29, 1.82) is 0 Å². The Bertz CT molecular complexity index is 844. The molecule has 2 aromatic carbocycles. The van der Waals surface area contributed by atoms with Crippen LogP contribution in [0.4, 0.5) is 11.4 Å². The van der Waals surface area contributed by atoms with Crippen molar-refractivity contribution in [2.24, 2.45) is 0 Å². The van der Waals surface area contributed by atoms with Gasteiger partial charge in [0.05, 0.1) is 11.9 Å². The van der Waals surface area contributed by atoms with Gasteiger partial charge in [-0.1, -0.05) is 17.7 Å². The van der Waals surface area contributed by atoms with Gasteiger partial charge in [0, 0.05) is 23.7 Å². The Labute approximate surface area is 153 Å². The molecule has 7 heteroatoms. The summed E-state index contributed by atoms with van der Waals surface area (Å²) in [5.41, 5.74) is 3.29. The van der Waals surface area contributed by atoms with Gasteiger partial charge in [-0.25, -0.2) is 8.42 Å². The third-order valence-corrected chi connectivity index (χ3v) is 5.01. The first-order chi connectivity index (χ1) is 11.6. The van der Waals surface area contributed by atoms with Crippen molar-refractivity contribution >= 4 is 38.9 Å².